The van der Waals surface area contributed by atoms with Crippen LogP contribution in [0.4, 0.5) is 0 Å². The molecule has 0 radical (unpaired) electrons. The van der Waals surface area contributed by atoms with Crippen LogP contribution in [0.15, 0.2) is 0 Å². The molecule has 0 saturated heterocycles. The molecule has 6 nitrogen and oxygen atoms in total. The fourth-order valence-electron chi connectivity index (χ4n) is 1.39. The zero-order valence-corrected chi connectivity index (χ0v) is 11.9. The average Bonchev–Trinajstić information content (AvgIpc) is 2.41. The Kier molecular flexibility index (Phi) is 14.8. The molecule has 0 bridgehead atoms. The van der Waals surface area contributed by atoms with E-state index in [9.17, 15) is 4.79 Å². The summed E-state index contributed by atoms with van der Waals surface area (Å²) in [5, 5.41) is 11.4. The third-order valence-corrected chi connectivity index (χ3v) is 2.48. The van der Waals surface area contributed by atoms with Gasteiger partial charge in [-0.3, -0.25) is 4.79 Å². The first kappa shape index (κ1) is 18.3. The molecule has 0 aromatic heterocycles. The maximum atomic E-state index is 11.4. The second kappa shape index (κ2) is 15.4. The minimum atomic E-state index is -0.000880. The summed E-state index contributed by atoms with van der Waals surface area (Å²) >= 11 is 0. The van der Waals surface area contributed by atoms with Gasteiger partial charge >= 0.3 is 0 Å². The van der Waals surface area contributed by atoms with Gasteiger partial charge in [-0.15, -0.1) is 0 Å². The molecule has 0 fully saturated rings. The molecule has 0 rings (SSSR count). The Labute approximate surface area is 115 Å². The number of unbranched alkanes of at least 4 members (excludes halogenated alkanes) is 3. The van der Waals surface area contributed by atoms with Crippen molar-refractivity contribution in [2.45, 2.75) is 32.1 Å². The van der Waals surface area contributed by atoms with Crippen molar-refractivity contribution in [1.29, 1.82) is 0 Å². The number of hydrogen-bond donors (Lipinski definition) is 2. The largest absolute Gasteiger partial charge is 0.396 e. The highest BCUT2D eigenvalue weighted by molar-refractivity contribution is 5.75. The summed E-state index contributed by atoms with van der Waals surface area (Å²) < 4.78 is 15.0. The maximum absolute atomic E-state index is 11.4. The van der Waals surface area contributed by atoms with Gasteiger partial charge in [0.1, 0.15) is 6.79 Å². The topological polar surface area (TPSA) is 77.0 Å². The summed E-state index contributed by atoms with van der Waals surface area (Å²) in [6.07, 6.45) is 4.18. The van der Waals surface area contributed by atoms with Crippen LogP contribution in [0.3, 0.4) is 0 Å². The summed E-state index contributed by atoms with van der Waals surface area (Å²) in [7, 11) is 1.61. The van der Waals surface area contributed by atoms with Crippen LogP contribution in [0.1, 0.15) is 32.1 Å². The lowest BCUT2D eigenvalue weighted by atomic mass is 10.2. The average molecular weight is 277 g/mol. The third-order valence-electron chi connectivity index (χ3n) is 2.48. The minimum Gasteiger partial charge on any atom is -0.396 e. The van der Waals surface area contributed by atoms with Crippen LogP contribution in [0.25, 0.3) is 0 Å². The second-order valence-electron chi connectivity index (χ2n) is 4.16. The van der Waals surface area contributed by atoms with E-state index < -0.39 is 0 Å². The van der Waals surface area contributed by atoms with E-state index in [1.807, 2.05) is 0 Å². The van der Waals surface area contributed by atoms with Crippen LogP contribution in [0, 0.1) is 0 Å². The molecule has 0 atom stereocenters. The Bertz CT molecular complexity index is 201. The number of carbonyl (C=O) groups excluding carboxylic acids is 1. The van der Waals surface area contributed by atoms with Crippen LogP contribution in [0.5, 0.6) is 0 Å². The maximum Gasteiger partial charge on any atom is 0.222 e. The predicted molar refractivity (Wildman–Crippen MR) is 71.8 cm³/mol. The summed E-state index contributed by atoms with van der Waals surface area (Å²) in [6, 6.07) is 0. The second-order valence-corrected chi connectivity index (χ2v) is 4.16. The molecule has 0 aliphatic heterocycles. The highest BCUT2D eigenvalue weighted by Crippen LogP contribution is 1.97. The van der Waals surface area contributed by atoms with Crippen molar-refractivity contribution in [3.05, 3.63) is 0 Å². The van der Waals surface area contributed by atoms with Crippen LogP contribution in [0.2, 0.25) is 0 Å². The lowest BCUT2D eigenvalue weighted by molar-refractivity contribution is -0.124. The molecule has 114 valence electrons. The number of rotatable bonds is 14. The van der Waals surface area contributed by atoms with Gasteiger partial charge in [0.2, 0.25) is 5.91 Å². The molecule has 0 aliphatic carbocycles. The fraction of sp³-hybridized carbons (Fsp3) is 0.923. The lowest BCUT2D eigenvalue weighted by Crippen LogP contribution is -2.25. The number of carbonyl (C=O) groups is 1. The monoisotopic (exact) mass is 277 g/mol. The first-order valence-corrected chi connectivity index (χ1v) is 6.83. The molecular formula is C13H27NO5. The number of amides is 1. The molecule has 0 saturated carbocycles. The van der Waals surface area contributed by atoms with E-state index in [0.717, 1.165) is 25.7 Å². The van der Waals surface area contributed by atoms with Gasteiger partial charge in [0.25, 0.3) is 0 Å². The molecule has 0 spiro atoms. The van der Waals surface area contributed by atoms with Gasteiger partial charge in [-0.1, -0.05) is 12.8 Å². The zero-order chi connectivity index (χ0) is 14.2. The Morgan fingerprint density at radius 2 is 1.79 bits per heavy atom. The SMILES string of the molecule is COCCOCOCCC(=O)NCCCCCCO. The summed E-state index contributed by atoms with van der Waals surface area (Å²) in [4.78, 5) is 11.4. The zero-order valence-electron chi connectivity index (χ0n) is 11.9. The van der Waals surface area contributed by atoms with Crippen LogP contribution in [-0.2, 0) is 19.0 Å². The minimum absolute atomic E-state index is 0.000880. The van der Waals surface area contributed by atoms with E-state index in [0.29, 0.717) is 32.8 Å². The van der Waals surface area contributed by atoms with Crippen LogP contribution in [-0.4, -0.2) is 57.9 Å². The third kappa shape index (κ3) is 15.3. The van der Waals surface area contributed by atoms with Gasteiger partial charge in [-0.25, -0.2) is 0 Å². The number of ether oxygens (including phenoxy) is 3. The van der Waals surface area contributed by atoms with Gasteiger partial charge in [0, 0.05) is 20.3 Å². The van der Waals surface area contributed by atoms with Gasteiger partial charge < -0.3 is 24.6 Å². The van der Waals surface area contributed by atoms with Gasteiger partial charge in [-0.2, -0.15) is 0 Å². The van der Waals surface area contributed by atoms with Crippen molar-refractivity contribution in [2.24, 2.45) is 0 Å². The van der Waals surface area contributed by atoms with Crippen molar-refractivity contribution >= 4 is 5.91 Å². The molecule has 0 unspecified atom stereocenters. The Morgan fingerprint density at radius 3 is 2.53 bits per heavy atom. The molecule has 0 heterocycles. The number of aliphatic hydroxyl groups is 1. The molecule has 1 amide bonds. The predicted octanol–water partition coefficient (Wildman–Crippen LogP) is 0.682. The highest BCUT2D eigenvalue weighted by Gasteiger charge is 2.00. The van der Waals surface area contributed by atoms with Gasteiger partial charge in [0.05, 0.1) is 26.2 Å². The quantitative estimate of drug-likeness (QED) is 0.361. The Balaban J connectivity index is 3.13. The number of aliphatic hydroxyl groups excluding tert-OH is 1. The summed E-state index contributed by atoms with van der Waals surface area (Å²) in [5.74, 6) is -0.000880. The first-order chi connectivity index (χ1) is 9.31. The molecule has 0 aromatic rings. The number of methoxy groups -OCH3 is 1. The van der Waals surface area contributed by atoms with Gasteiger partial charge in [0.15, 0.2) is 0 Å². The van der Waals surface area contributed by atoms with Crippen molar-refractivity contribution in [3.8, 4) is 0 Å². The van der Waals surface area contributed by atoms with Crippen molar-refractivity contribution < 1.29 is 24.1 Å². The van der Waals surface area contributed by atoms with E-state index in [2.05, 4.69) is 5.32 Å². The van der Waals surface area contributed by atoms with E-state index >= 15 is 0 Å². The smallest absolute Gasteiger partial charge is 0.222 e. The molecule has 0 aliphatic rings. The summed E-state index contributed by atoms with van der Waals surface area (Å²) in [5.41, 5.74) is 0. The molecule has 2 N–H and O–H groups in total. The van der Waals surface area contributed by atoms with E-state index in [4.69, 9.17) is 19.3 Å². The molecule has 6 heteroatoms. The van der Waals surface area contributed by atoms with Gasteiger partial charge in [-0.05, 0) is 12.8 Å². The van der Waals surface area contributed by atoms with Crippen LogP contribution >= 0.6 is 0 Å². The molecule has 19 heavy (non-hydrogen) atoms. The molecule has 0 aromatic carbocycles. The van der Waals surface area contributed by atoms with Crippen molar-refractivity contribution in [2.75, 3.05) is 46.9 Å². The number of nitrogens with one attached hydrogen (secondary N) is 1. The van der Waals surface area contributed by atoms with E-state index in [-0.39, 0.29) is 19.3 Å². The number of hydrogen-bond acceptors (Lipinski definition) is 5. The fourth-order valence-corrected chi connectivity index (χ4v) is 1.39. The van der Waals surface area contributed by atoms with Crippen molar-refractivity contribution in [3.63, 3.8) is 0 Å². The lowest BCUT2D eigenvalue weighted by Gasteiger charge is -2.06. The Hall–Kier alpha value is -0.690. The van der Waals surface area contributed by atoms with Crippen LogP contribution < -0.4 is 5.32 Å². The molecular weight excluding hydrogens is 250 g/mol. The van der Waals surface area contributed by atoms with E-state index in [1.165, 1.54) is 0 Å². The Morgan fingerprint density at radius 1 is 1.05 bits per heavy atom. The first-order valence-electron chi connectivity index (χ1n) is 6.83. The normalized spacial score (nSPS) is 10.6. The standard InChI is InChI=1S/C13H27NO5/c1-17-10-11-19-12-18-9-6-13(16)14-7-4-2-3-5-8-15/h15H,2-12H2,1H3,(H,14,16). The highest BCUT2D eigenvalue weighted by atomic mass is 16.7. The van der Waals surface area contributed by atoms with Crippen molar-refractivity contribution in [1.82, 2.24) is 5.32 Å². The summed E-state index contributed by atoms with van der Waals surface area (Å²) in [6.45, 7) is 2.53. The van der Waals surface area contributed by atoms with E-state index in [1.54, 1.807) is 7.11 Å².